The lowest BCUT2D eigenvalue weighted by molar-refractivity contribution is -0.131. The van der Waals surface area contributed by atoms with Gasteiger partial charge in [0.1, 0.15) is 8.42 Å². The molecule has 0 aliphatic carbocycles. The van der Waals surface area contributed by atoms with Gasteiger partial charge in [-0.05, 0) is 26.3 Å². The summed E-state index contributed by atoms with van der Waals surface area (Å²) in [7, 11) is -2.28. The van der Waals surface area contributed by atoms with Gasteiger partial charge in [-0.2, -0.15) is 0 Å². The smallest absolute Gasteiger partial charge is 0.270 e. The summed E-state index contributed by atoms with van der Waals surface area (Å²) < 4.78 is 47.7. The fourth-order valence-corrected chi connectivity index (χ4v) is 7.37. The third-order valence-corrected chi connectivity index (χ3v) is 9.74. The van der Waals surface area contributed by atoms with Gasteiger partial charge in [-0.3, -0.25) is 4.79 Å². The van der Waals surface area contributed by atoms with Crippen molar-refractivity contribution < 1.29 is 21.6 Å². The van der Waals surface area contributed by atoms with Gasteiger partial charge in [0.2, 0.25) is 5.91 Å². The van der Waals surface area contributed by atoms with E-state index in [2.05, 4.69) is 0 Å². The normalized spacial score (nSPS) is 23.8. The first-order chi connectivity index (χ1) is 10.00. The van der Waals surface area contributed by atoms with Crippen LogP contribution in [0.15, 0.2) is 14.5 Å². The molecule has 10 heteroatoms. The number of hydrogen-bond acceptors (Lipinski definition) is 6. The van der Waals surface area contributed by atoms with E-state index in [9.17, 15) is 21.6 Å². The van der Waals surface area contributed by atoms with E-state index in [4.69, 9.17) is 10.7 Å². The number of halogens is 1. The first-order valence-electron chi connectivity index (χ1n) is 6.59. The number of carbonyl (C=O) groups is 1. The minimum Gasteiger partial charge on any atom is -0.336 e. The van der Waals surface area contributed by atoms with Crippen molar-refractivity contribution in [1.82, 2.24) is 4.90 Å². The Morgan fingerprint density at radius 2 is 2.09 bits per heavy atom. The first-order valence-corrected chi connectivity index (χ1v) is 11.3. The number of fused-ring (bicyclic) bond motifs is 1. The summed E-state index contributed by atoms with van der Waals surface area (Å²) in [4.78, 5) is 13.3. The van der Waals surface area contributed by atoms with Crippen LogP contribution in [0.25, 0.3) is 0 Å². The Hall–Kier alpha value is -0.640. The van der Waals surface area contributed by atoms with Crippen molar-refractivity contribution in [3.63, 3.8) is 0 Å². The minimum atomic E-state index is -4.02. The summed E-state index contributed by atoms with van der Waals surface area (Å²) in [5.41, 5.74) is 0.347. The monoisotopic (exact) mass is 385 g/mol. The van der Waals surface area contributed by atoms with E-state index in [1.165, 1.54) is 13.0 Å². The zero-order chi connectivity index (χ0) is 16.9. The van der Waals surface area contributed by atoms with Crippen LogP contribution in [0.5, 0.6) is 0 Å². The van der Waals surface area contributed by atoms with Gasteiger partial charge in [-0.15, -0.1) is 11.3 Å². The molecule has 0 saturated carbocycles. The molecule has 2 atom stereocenters. The number of nitrogens with zero attached hydrogens (tertiary/aromatic N) is 1. The number of rotatable bonds is 3. The van der Waals surface area contributed by atoms with Crippen LogP contribution in [0.1, 0.15) is 38.8 Å². The number of hydrogen-bond donors (Lipinski definition) is 0. The minimum absolute atomic E-state index is 0.00447. The number of amides is 1. The van der Waals surface area contributed by atoms with Crippen molar-refractivity contribution in [3.05, 3.63) is 11.6 Å². The van der Waals surface area contributed by atoms with Gasteiger partial charge >= 0.3 is 0 Å². The molecule has 0 aromatic carbocycles. The molecule has 0 fully saturated rings. The lowest BCUT2D eigenvalue weighted by Crippen LogP contribution is -2.39. The van der Waals surface area contributed by atoms with E-state index < -0.39 is 30.2 Å². The van der Waals surface area contributed by atoms with E-state index in [0.29, 0.717) is 23.4 Å². The van der Waals surface area contributed by atoms with Crippen LogP contribution in [0.4, 0.5) is 0 Å². The number of thiophene rings is 1. The predicted octanol–water partition coefficient (Wildman–Crippen LogP) is 2.15. The molecule has 0 N–H and O–H groups in total. The Kier molecular flexibility index (Phi) is 4.65. The molecular weight excluding hydrogens is 370 g/mol. The van der Waals surface area contributed by atoms with Gasteiger partial charge in [-0.1, -0.05) is 0 Å². The highest BCUT2D eigenvalue weighted by Gasteiger charge is 2.42. The first kappa shape index (κ1) is 17.7. The van der Waals surface area contributed by atoms with Gasteiger partial charge in [0.05, 0.1) is 11.3 Å². The van der Waals surface area contributed by atoms with E-state index in [-0.39, 0.29) is 20.7 Å². The maximum atomic E-state index is 12.4. The molecule has 1 aliphatic heterocycles. The number of carbonyl (C=O) groups excluding carboxylic acids is 1. The van der Waals surface area contributed by atoms with E-state index in [1.54, 1.807) is 18.7 Å². The highest BCUT2D eigenvalue weighted by Crippen LogP contribution is 2.45. The van der Waals surface area contributed by atoms with Gasteiger partial charge < -0.3 is 4.90 Å². The predicted molar refractivity (Wildman–Crippen MR) is 84.4 cm³/mol. The Morgan fingerprint density at radius 3 is 2.55 bits per heavy atom. The second-order valence-electron chi connectivity index (χ2n) is 5.16. The molecule has 1 amide bonds. The molecule has 1 aliphatic rings. The molecule has 2 unspecified atom stereocenters. The molecule has 6 nitrogen and oxygen atoms in total. The van der Waals surface area contributed by atoms with Crippen molar-refractivity contribution in [2.75, 3.05) is 6.54 Å². The van der Waals surface area contributed by atoms with Crippen molar-refractivity contribution in [2.24, 2.45) is 0 Å². The topological polar surface area (TPSA) is 88.6 Å². The van der Waals surface area contributed by atoms with Crippen LogP contribution in [0, 0.1) is 0 Å². The summed E-state index contributed by atoms with van der Waals surface area (Å²) in [6.07, 6.45) is 0.237. The molecule has 2 heterocycles. The van der Waals surface area contributed by atoms with Crippen LogP contribution in [-0.4, -0.2) is 39.4 Å². The molecule has 2 rings (SSSR count). The Bertz CT molecular complexity index is 812. The van der Waals surface area contributed by atoms with Gasteiger partial charge in [-0.25, -0.2) is 16.8 Å². The van der Waals surface area contributed by atoms with E-state index >= 15 is 0 Å². The standard InChI is InChI=1S/C12H16ClNO5S3/c1-4-14(8(3)15)10-5-7(2)21(16,17)12-9(10)6-11(20-12)22(13,18)19/h6-7,10H,4-5H2,1-3H3. The molecule has 124 valence electrons. The molecule has 22 heavy (non-hydrogen) atoms. The van der Waals surface area contributed by atoms with Gasteiger partial charge in [0.15, 0.2) is 9.84 Å². The van der Waals surface area contributed by atoms with Crippen molar-refractivity contribution in [1.29, 1.82) is 0 Å². The summed E-state index contributed by atoms with van der Waals surface area (Å²) in [6.45, 7) is 5.17. The van der Waals surface area contributed by atoms with E-state index in [1.807, 2.05) is 0 Å². The lowest BCUT2D eigenvalue weighted by Gasteiger charge is -2.35. The molecule has 0 radical (unpaired) electrons. The molecule has 0 saturated heterocycles. The Morgan fingerprint density at radius 1 is 1.50 bits per heavy atom. The highest BCUT2D eigenvalue weighted by molar-refractivity contribution is 8.15. The average molecular weight is 386 g/mol. The summed E-state index contributed by atoms with van der Waals surface area (Å²) in [5.74, 6) is -0.188. The molecule has 1 aromatic rings. The second-order valence-corrected chi connectivity index (χ2v) is 11.6. The van der Waals surface area contributed by atoms with Crippen LogP contribution < -0.4 is 0 Å². The lowest BCUT2D eigenvalue weighted by atomic mass is 10.0. The maximum Gasteiger partial charge on any atom is 0.270 e. The quantitative estimate of drug-likeness (QED) is 0.744. The van der Waals surface area contributed by atoms with Gasteiger partial charge in [0.25, 0.3) is 9.05 Å². The maximum absolute atomic E-state index is 12.4. The number of sulfone groups is 1. The Balaban J connectivity index is 2.70. The largest absolute Gasteiger partial charge is 0.336 e. The van der Waals surface area contributed by atoms with Gasteiger partial charge in [0, 0.05) is 29.7 Å². The second kappa shape index (κ2) is 5.77. The van der Waals surface area contributed by atoms with Crippen LogP contribution >= 0.6 is 22.0 Å². The van der Waals surface area contributed by atoms with Crippen molar-refractivity contribution >= 4 is 46.8 Å². The van der Waals surface area contributed by atoms with Crippen molar-refractivity contribution in [2.45, 2.75) is 46.9 Å². The third kappa shape index (κ3) is 2.91. The molecule has 1 aromatic heterocycles. The highest BCUT2D eigenvalue weighted by atomic mass is 35.7. The van der Waals surface area contributed by atoms with Crippen LogP contribution in [-0.2, 0) is 23.7 Å². The zero-order valence-corrected chi connectivity index (χ0v) is 15.4. The zero-order valence-electron chi connectivity index (χ0n) is 12.2. The molecule has 0 spiro atoms. The van der Waals surface area contributed by atoms with Crippen LogP contribution in [0.3, 0.4) is 0 Å². The Labute approximate surface area is 138 Å². The SMILES string of the molecule is CCN(C(C)=O)C1CC(C)S(=O)(=O)c2sc(S(=O)(=O)Cl)cc21. The van der Waals surface area contributed by atoms with E-state index in [0.717, 1.165) is 0 Å². The third-order valence-electron chi connectivity index (χ3n) is 3.77. The average Bonchev–Trinajstić information content (AvgIpc) is 2.82. The summed E-state index contributed by atoms with van der Waals surface area (Å²) in [6, 6.07) is 0.821. The molecule has 0 bridgehead atoms. The fraction of sp³-hybridized carbons (Fsp3) is 0.583. The summed E-state index contributed by atoms with van der Waals surface area (Å²) in [5, 5.41) is -0.692. The summed E-state index contributed by atoms with van der Waals surface area (Å²) >= 11 is 0.650. The van der Waals surface area contributed by atoms with Crippen molar-refractivity contribution in [3.8, 4) is 0 Å². The van der Waals surface area contributed by atoms with Crippen LogP contribution in [0.2, 0.25) is 0 Å². The molecular formula is C12H16ClNO5S3. The fourth-order valence-electron chi connectivity index (χ4n) is 2.65.